The third-order valence-electron chi connectivity index (χ3n) is 2.78. The predicted molar refractivity (Wildman–Crippen MR) is 87.1 cm³/mol. The van der Waals surface area contributed by atoms with E-state index in [1.807, 2.05) is 48.2 Å². The number of hydrogen-bond donors (Lipinski definition) is 1. The fourth-order valence-corrected chi connectivity index (χ4v) is 2.60. The van der Waals surface area contributed by atoms with Crippen LogP contribution in [0.5, 0.6) is 0 Å². The van der Waals surface area contributed by atoms with E-state index in [4.69, 9.17) is 5.73 Å². The molecule has 0 bridgehead atoms. The zero-order valence-electron chi connectivity index (χ0n) is 11.6. The SMILES string of the molecule is CCCCSc1ccc(N=Nc2ccc(N)cc2)cc1. The van der Waals surface area contributed by atoms with Crippen LogP contribution in [-0.2, 0) is 0 Å². The molecule has 3 nitrogen and oxygen atoms in total. The summed E-state index contributed by atoms with van der Waals surface area (Å²) in [6.07, 6.45) is 2.49. The van der Waals surface area contributed by atoms with E-state index >= 15 is 0 Å². The molecule has 0 unspecified atom stereocenters. The Hall–Kier alpha value is -1.81. The van der Waals surface area contributed by atoms with Gasteiger partial charge < -0.3 is 5.73 Å². The van der Waals surface area contributed by atoms with Gasteiger partial charge in [-0.1, -0.05) is 13.3 Å². The van der Waals surface area contributed by atoms with Gasteiger partial charge in [0, 0.05) is 10.6 Å². The van der Waals surface area contributed by atoms with Crippen molar-refractivity contribution in [1.82, 2.24) is 0 Å². The van der Waals surface area contributed by atoms with Crippen molar-refractivity contribution in [2.75, 3.05) is 11.5 Å². The van der Waals surface area contributed by atoms with Gasteiger partial charge in [0.1, 0.15) is 0 Å². The van der Waals surface area contributed by atoms with Crippen LogP contribution in [0.3, 0.4) is 0 Å². The first-order valence-corrected chi connectivity index (χ1v) is 7.76. The number of nitrogen functional groups attached to an aromatic ring is 1. The van der Waals surface area contributed by atoms with E-state index in [2.05, 4.69) is 29.3 Å². The molecule has 0 saturated heterocycles. The summed E-state index contributed by atoms with van der Waals surface area (Å²) in [5.74, 6) is 1.17. The van der Waals surface area contributed by atoms with Gasteiger partial charge in [-0.05, 0) is 60.7 Å². The second kappa shape index (κ2) is 7.70. The van der Waals surface area contributed by atoms with Gasteiger partial charge in [0.05, 0.1) is 11.4 Å². The standard InChI is InChI=1S/C16H19N3S/c1-2-3-12-20-16-10-8-15(9-11-16)19-18-14-6-4-13(17)5-7-14/h4-11H,2-3,12,17H2,1H3. The minimum Gasteiger partial charge on any atom is -0.399 e. The molecule has 0 aliphatic rings. The first-order valence-electron chi connectivity index (χ1n) is 6.78. The van der Waals surface area contributed by atoms with E-state index in [0.29, 0.717) is 0 Å². The van der Waals surface area contributed by atoms with Crippen molar-refractivity contribution in [1.29, 1.82) is 0 Å². The van der Waals surface area contributed by atoms with E-state index in [0.717, 1.165) is 17.1 Å². The Morgan fingerprint density at radius 1 is 0.900 bits per heavy atom. The Bertz CT molecular complexity index is 547. The monoisotopic (exact) mass is 285 g/mol. The lowest BCUT2D eigenvalue weighted by atomic mass is 10.3. The minimum absolute atomic E-state index is 0.734. The maximum absolute atomic E-state index is 5.63. The zero-order valence-corrected chi connectivity index (χ0v) is 12.4. The molecular formula is C16H19N3S. The lowest BCUT2D eigenvalue weighted by molar-refractivity contribution is 0.896. The molecule has 2 rings (SSSR count). The summed E-state index contributed by atoms with van der Waals surface area (Å²) in [7, 11) is 0. The van der Waals surface area contributed by atoms with Gasteiger partial charge >= 0.3 is 0 Å². The van der Waals surface area contributed by atoms with E-state index in [1.54, 1.807) is 0 Å². The third kappa shape index (κ3) is 4.70. The fraction of sp³-hybridized carbons (Fsp3) is 0.250. The first-order chi connectivity index (χ1) is 9.78. The number of azo groups is 1. The van der Waals surface area contributed by atoms with Crippen LogP contribution in [-0.4, -0.2) is 5.75 Å². The summed E-state index contributed by atoms with van der Waals surface area (Å²) in [4.78, 5) is 1.28. The van der Waals surface area contributed by atoms with Crippen LogP contribution < -0.4 is 5.73 Å². The number of thioether (sulfide) groups is 1. The molecule has 0 aliphatic heterocycles. The topological polar surface area (TPSA) is 50.7 Å². The molecule has 0 saturated carbocycles. The second-order valence-electron chi connectivity index (χ2n) is 4.49. The highest BCUT2D eigenvalue weighted by Crippen LogP contribution is 2.24. The first kappa shape index (κ1) is 14.6. The van der Waals surface area contributed by atoms with Gasteiger partial charge in [0.25, 0.3) is 0 Å². The van der Waals surface area contributed by atoms with Crippen molar-refractivity contribution >= 4 is 28.8 Å². The van der Waals surface area contributed by atoms with Gasteiger partial charge in [-0.15, -0.1) is 11.8 Å². The Balaban J connectivity index is 1.94. The number of hydrogen-bond acceptors (Lipinski definition) is 4. The van der Waals surface area contributed by atoms with E-state index in [-0.39, 0.29) is 0 Å². The summed E-state index contributed by atoms with van der Waals surface area (Å²) >= 11 is 1.88. The molecule has 4 heteroatoms. The summed E-state index contributed by atoms with van der Waals surface area (Å²) < 4.78 is 0. The molecule has 20 heavy (non-hydrogen) atoms. The number of benzene rings is 2. The minimum atomic E-state index is 0.734. The van der Waals surface area contributed by atoms with Crippen LogP contribution in [0.1, 0.15) is 19.8 Å². The number of anilines is 1. The number of rotatable bonds is 6. The van der Waals surface area contributed by atoms with Gasteiger partial charge in [0.15, 0.2) is 0 Å². The van der Waals surface area contributed by atoms with Crippen molar-refractivity contribution in [3.63, 3.8) is 0 Å². The molecule has 2 aromatic carbocycles. The van der Waals surface area contributed by atoms with Gasteiger partial charge in [-0.25, -0.2) is 0 Å². The average Bonchev–Trinajstić information content (AvgIpc) is 2.48. The number of nitrogens with two attached hydrogens (primary N) is 1. The Labute approximate surface area is 124 Å². The van der Waals surface area contributed by atoms with Crippen LogP contribution in [0.4, 0.5) is 17.1 Å². The molecule has 0 aromatic heterocycles. The summed E-state index contributed by atoms with van der Waals surface area (Å²) in [5, 5.41) is 8.40. The van der Waals surface area contributed by atoms with Crippen LogP contribution >= 0.6 is 11.8 Å². The Kier molecular flexibility index (Phi) is 5.62. The quantitative estimate of drug-likeness (QED) is 0.326. The van der Waals surface area contributed by atoms with E-state index < -0.39 is 0 Å². The second-order valence-corrected chi connectivity index (χ2v) is 5.66. The molecule has 0 amide bonds. The van der Waals surface area contributed by atoms with Crippen molar-refractivity contribution in [2.45, 2.75) is 24.7 Å². The average molecular weight is 285 g/mol. The van der Waals surface area contributed by atoms with Crippen LogP contribution in [0, 0.1) is 0 Å². The predicted octanol–water partition coefficient (Wildman–Crippen LogP) is 5.58. The molecule has 2 N–H and O–H groups in total. The van der Waals surface area contributed by atoms with Crippen molar-refractivity contribution < 1.29 is 0 Å². The zero-order chi connectivity index (χ0) is 14.2. The molecule has 0 atom stereocenters. The molecule has 0 aliphatic carbocycles. The van der Waals surface area contributed by atoms with E-state index in [1.165, 1.54) is 23.5 Å². The number of unbranched alkanes of at least 4 members (excludes halogenated alkanes) is 1. The third-order valence-corrected chi connectivity index (χ3v) is 3.88. The van der Waals surface area contributed by atoms with Crippen LogP contribution in [0.25, 0.3) is 0 Å². The largest absolute Gasteiger partial charge is 0.399 e. The summed E-state index contributed by atoms with van der Waals surface area (Å²) in [6.45, 7) is 2.21. The van der Waals surface area contributed by atoms with Gasteiger partial charge in [-0.3, -0.25) is 0 Å². The molecule has 104 valence electrons. The van der Waals surface area contributed by atoms with Crippen LogP contribution in [0.2, 0.25) is 0 Å². The Morgan fingerprint density at radius 3 is 2.00 bits per heavy atom. The fourth-order valence-electron chi connectivity index (χ4n) is 1.60. The van der Waals surface area contributed by atoms with E-state index in [9.17, 15) is 0 Å². The maximum Gasteiger partial charge on any atom is 0.0858 e. The molecule has 0 fully saturated rings. The van der Waals surface area contributed by atoms with Crippen molar-refractivity contribution in [3.8, 4) is 0 Å². The van der Waals surface area contributed by atoms with Crippen LogP contribution in [0.15, 0.2) is 63.7 Å². The highest BCUT2D eigenvalue weighted by molar-refractivity contribution is 7.99. The highest BCUT2D eigenvalue weighted by atomic mass is 32.2. The Morgan fingerprint density at radius 2 is 1.45 bits per heavy atom. The normalized spacial score (nSPS) is 11.1. The molecule has 2 aromatic rings. The molecule has 0 radical (unpaired) electrons. The lowest BCUT2D eigenvalue weighted by Crippen LogP contribution is -1.80. The smallest absolute Gasteiger partial charge is 0.0858 e. The summed E-state index contributed by atoms with van der Waals surface area (Å²) in [6, 6.07) is 15.5. The van der Waals surface area contributed by atoms with Gasteiger partial charge in [0.2, 0.25) is 0 Å². The molecule has 0 heterocycles. The van der Waals surface area contributed by atoms with Crippen molar-refractivity contribution in [3.05, 3.63) is 48.5 Å². The summed E-state index contributed by atoms with van der Waals surface area (Å²) in [5.41, 5.74) is 8.03. The van der Waals surface area contributed by atoms with Crippen molar-refractivity contribution in [2.24, 2.45) is 10.2 Å². The van der Waals surface area contributed by atoms with Gasteiger partial charge in [-0.2, -0.15) is 10.2 Å². The number of nitrogens with zero attached hydrogens (tertiary/aromatic N) is 2. The highest BCUT2D eigenvalue weighted by Gasteiger charge is 1.95. The molecular weight excluding hydrogens is 266 g/mol. The maximum atomic E-state index is 5.63. The lowest BCUT2D eigenvalue weighted by Gasteiger charge is -2.00. The molecule has 0 spiro atoms.